The second kappa shape index (κ2) is 3.40. The van der Waals surface area contributed by atoms with E-state index in [4.69, 9.17) is 5.11 Å². The Morgan fingerprint density at radius 1 is 1.43 bits per heavy atom. The largest absolute Gasteiger partial charge is 0.478 e. The van der Waals surface area contributed by atoms with E-state index in [1.165, 1.54) is 0 Å². The van der Waals surface area contributed by atoms with Crippen molar-refractivity contribution in [3.05, 3.63) is 35.4 Å². The Morgan fingerprint density at radius 3 is 2.71 bits per heavy atom. The summed E-state index contributed by atoms with van der Waals surface area (Å²) in [6.07, 6.45) is 0.361. The fraction of sp³-hybridized carbons (Fsp3) is 0.364. The van der Waals surface area contributed by atoms with Gasteiger partial charge in [-0.3, -0.25) is 0 Å². The van der Waals surface area contributed by atoms with Crippen LogP contribution in [0.4, 0.5) is 4.39 Å². The first-order valence-corrected chi connectivity index (χ1v) is 4.64. The SMILES string of the molecule is O=C(O)c1cccc(C2CC(F)C2)c1. The molecule has 0 amide bonds. The van der Waals surface area contributed by atoms with Gasteiger partial charge in [0.25, 0.3) is 0 Å². The Bertz CT molecular complexity index is 356. The maximum absolute atomic E-state index is 12.6. The first-order valence-electron chi connectivity index (χ1n) is 4.64. The summed E-state index contributed by atoms with van der Waals surface area (Å²) in [4.78, 5) is 10.7. The van der Waals surface area contributed by atoms with Crippen LogP contribution in [0.5, 0.6) is 0 Å². The fourth-order valence-corrected chi connectivity index (χ4v) is 1.75. The number of hydrogen-bond acceptors (Lipinski definition) is 1. The molecule has 1 fully saturated rings. The van der Waals surface area contributed by atoms with Gasteiger partial charge in [0.05, 0.1) is 5.56 Å². The van der Waals surface area contributed by atoms with Crippen molar-refractivity contribution in [3.8, 4) is 0 Å². The van der Waals surface area contributed by atoms with E-state index in [0.29, 0.717) is 12.8 Å². The van der Waals surface area contributed by atoms with Gasteiger partial charge in [-0.05, 0) is 36.5 Å². The van der Waals surface area contributed by atoms with E-state index in [1.54, 1.807) is 18.2 Å². The Kier molecular flexibility index (Phi) is 2.23. The highest BCUT2D eigenvalue weighted by Gasteiger charge is 2.30. The van der Waals surface area contributed by atoms with Crippen LogP contribution in [0.25, 0.3) is 0 Å². The summed E-state index contributed by atoms with van der Waals surface area (Å²) in [5.41, 5.74) is 1.23. The topological polar surface area (TPSA) is 37.3 Å². The van der Waals surface area contributed by atoms with Gasteiger partial charge in [-0.1, -0.05) is 12.1 Å². The molecule has 2 nitrogen and oxygen atoms in total. The van der Waals surface area contributed by atoms with Gasteiger partial charge in [-0.25, -0.2) is 9.18 Å². The van der Waals surface area contributed by atoms with Gasteiger partial charge < -0.3 is 5.11 Å². The van der Waals surface area contributed by atoms with E-state index in [9.17, 15) is 9.18 Å². The molecule has 74 valence electrons. The van der Waals surface area contributed by atoms with E-state index in [-0.39, 0.29) is 11.5 Å². The Balaban J connectivity index is 2.18. The number of carbonyl (C=O) groups is 1. The summed E-state index contributed by atoms with van der Waals surface area (Å²) >= 11 is 0. The second-order valence-electron chi connectivity index (χ2n) is 3.70. The number of halogens is 1. The van der Waals surface area contributed by atoms with Crippen LogP contribution in [-0.2, 0) is 0 Å². The maximum Gasteiger partial charge on any atom is 0.335 e. The van der Waals surface area contributed by atoms with Gasteiger partial charge in [-0.2, -0.15) is 0 Å². The third kappa shape index (κ3) is 1.62. The van der Waals surface area contributed by atoms with Crippen LogP contribution in [-0.4, -0.2) is 17.2 Å². The lowest BCUT2D eigenvalue weighted by molar-refractivity contribution is 0.0696. The molecule has 2 rings (SSSR count). The summed E-state index contributed by atoms with van der Waals surface area (Å²) in [5.74, 6) is -0.715. The molecule has 0 spiro atoms. The van der Waals surface area contributed by atoms with Crippen molar-refractivity contribution in [3.63, 3.8) is 0 Å². The minimum Gasteiger partial charge on any atom is -0.478 e. The average Bonchev–Trinajstić information content (AvgIpc) is 2.13. The van der Waals surface area contributed by atoms with Gasteiger partial charge in [0.1, 0.15) is 6.17 Å². The molecule has 1 aliphatic rings. The number of alkyl halides is 1. The molecule has 0 unspecified atom stereocenters. The van der Waals surface area contributed by atoms with Crippen molar-refractivity contribution in [2.24, 2.45) is 0 Å². The van der Waals surface area contributed by atoms with Crippen LogP contribution in [0.15, 0.2) is 24.3 Å². The molecular formula is C11H11FO2. The molecule has 0 bridgehead atoms. The number of rotatable bonds is 2. The zero-order valence-corrected chi connectivity index (χ0v) is 7.61. The standard InChI is InChI=1S/C11H11FO2/c12-10-5-9(6-10)7-2-1-3-8(4-7)11(13)14/h1-4,9-10H,5-6H2,(H,13,14). The van der Waals surface area contributed by atoms with Crippen molar-refractivity contribution in [2.45, 2.75) is 24.9 Å². The molecule has 1 aromatic rings. The van der Waals surface area contributed by atoms with Gasteiger partial charge in [0, 0.05) is 0 Å². The normalized spacial score (nSPS) is 25.5. The van der Waals surface area contributed by atoms with E-state index in [2.05, 4.69) is 0 Å². The molecule has 0 saturated heterocycles. The molecule has 0 aromatic heterocycles. The zero-order valence-electron chi connectivity index (χ0n) is 7.61. The first kappa shape index (κ1) is 9.19. The quantitative estimate of drug-likeness (QED) is 0.785. The monoisotopic (exact) mass is 194 g/mol. The second-order valence-corrected chi connectivity index (χ2v) is 3.70. The van der Waals surface area contributed by atoms with Crippen molar-refractivity contribution in [2.75, 3.05) is 0 Å². The number of carboxylic acid groups (broad SMARTS) is 1. The Morgan fingerprint density at radius 2 is 2.14 bits per heavy atom. The van der Waals surface area contributed by atoms with Gasteiger partial charge in [0.15, 0.2) is 0 Å². The van der Waals surface area contributed by atoms with E-state index in [1.807, 2.05) is 6.07 Å². The fourth-order valence-electron chi connectivity index (χ4n) is 1.75. The molecule has 1 aliphatic carbocycles. The molecule has 1 saturated carbocycles. The third-order valence-corrected chi connectivity index (χ3v) is 2.69. The minimum absolute atomic E-state index is 0.212. The number of carboxylic acids is 1. The average molecular weight is 194 g/mol. The molecule has 0 aliphatic heterocycles. The molecule has 1 aromatic carbocycles. The number of hydrogen-bond donors (Lipinski definition) is 1. The lowest BCUT2D eigenvalue weighted by Gasteiger charge is -2.30. The highest BCUT2D eigenvalue weighted by atomic mass is 19.1. The summed E-state index contributed by atoms with van der Waals surface area (Å²) < 4.78 is 12.6. The lowest BCUT2D eigenvalue weighted by Crippen LogP contribution is -2.22. The van der Waals surface area contributed by atoms with Crippen molar-refractivity contribution in [1.29, 1.82) is 0 Å². The molecule has 14 heavy (non-hydrogen) atoms. The summed E-state index contributed by atoms with van der Waals surface area (Å²) in [6, 6.07) is 6.77. The van der Waals surface area contributed by atoms with Crippen LogP contribution in [0, 0.1) is 0 Å². The molecule has 3 heteroatoms. The lowest BCUT2D eigenvalue weighted by atomic mass is 9.78. The predicted octanol–water partition coefficient (Wildman–Crippen LogP) is 2.60. The van der Waals surface area contributed by atoms with Crippen molar-refractivity contribution >= 4 is 5.97 Å². The third-order valence-electron chi connectivity index (χ3n) is 2.69. The maximum atomic E-state index is 12.6. The highest BCUT2D eigenvalue weighted by Crippen LogP contribution is 2.38. The molecule has 0 radical (unpaired) electrons. The molecule has 1 N–H and O–H groups in total. The Labute approximate surface area is 81.4 Å². The van der Waals surface area contributed by atoms with Crippen LogP contribution >= 0.6 is 0 Å². The minimum atomic E-state index is -0.928. The Hall–Kier alpha value is -1.38. The van der Waals surface area contributed by atoms with Crippen LogP contribution in [0.3, 0.4) is 0 Å². The van der Waals surface area contributed by atoms with Crippen molar-refractivity contribution < 1.29 is 14.3 Å². The zero-order chi connectivity index (χ0) is 10.1. The first-order chi connectivity index (χ1) is 6.66. The van der Waals surface area contributed by atoms with Crippen LogP contribution in [0.2, 0.25) is 0 Å². The van der Waals surface area contributed by atoms with E-state index >= 15 is 0 Å². The molecule has 0 heterocycles. The van der Waals surface area contributed by atoms with Crippen LogP contribution in [0.1, 0.15) is 34.7 Å². The molecule has 0 atom stereocenters. The van der Waals surface area contributed by atoms with Gasteiger partial charge >= 0.3 is 5.97 Å². The summed E-state index contributed by atoms with van der Waals surface area (Å²) in [5, 5.41) is 8.76. The van der Waals surface area contributed by atoms with Crippen molar-refractivity contribution in [1.82, 2.24) is 0 Å². The van der Waals surface area contributed by atoms with E-state index in [0.717, 1.165) is 5.56 Å². The van der Waals surface area contributed by atoms with Crippen LogP contribution < -0.4 is 0 Å². The summed E-state index contributed by atoms with van der Waals surface area (Å²) in [6.45, 7) is 0. The van der Waals surface area contributed by atoms with Gasteiger partial charge in [-0.15, -0.1) is 0 Å². The number of benzene rings is 1. The summed E-state index contributed by atoms with van der Waals surface area (Å²) in [7, 11) is 0. The highest BCUT2D eigenvalue weighted by molar-refractivity contribution is 5.87. The van der Waals surface area contributed by atoms with E-state index < -0.39 is 12.1 Å². The smallest absolute Gasteiger partial charge is 0.335 e. The molecular weight excluding hydrogens is 183 g/mol. The number of aromatic carboxylic acids is 1. The predicted molar refractivity (Wildman–Crippen MR) is 50.3 cm³/mol. The van der Waals surface area contributed by atoms with Gasteiger partial charge in [0.2, 0.25) is 0 Å².